The van der Waals surface area contributed by atoms with E-state index in [1.165, 1.54) is 22.3 Å². The zero-order valence-corrected chi connectivity index (χ0v) is 21.2. The number of hydrogen-bond donors (Lipinski definition) is 2. The van der Waals surface area contributed by atoms with Gasteiger partial charge in [-0.3, -0.25) is 9.59 Å². The standard InChI is InChI=1S/C31H38N2O2/c1-23(2)27-16-12-25(13-17-27)20-21-32-30(34)10-7-11-31(35)33-29-18-14-26(15-19-29)22-24(3)28-8-5-4-6-9-28/h4-6,8-9,12-14,16-19,22-23,26H,7,10-11,15,20-21H2,1-3H3,(H,32,34)(H,33,35)/b24-22+. The van der Waals surface area contributed by atoms with Crippen LogP contribution >= 0.6 is 0 Å². The van der Waals surface area contributed by atoms with Gasteiger partial charge in [-0.15, -0.1) is 0 Å². The molecular formula is C31H38N2O2. The van der Waals surface area contributed by atoms with Gasteiger partial charge in [-0.05, 0) is 66.4 Å². The van der Waals surface area contributed by atoms with Gasteiger partial charge < -0.3 is 10.6 Å². The van der Waals surface area contributed by atoms with Crippen LogP contribution in [0.25, 0.3) is 5.57 Å². The number of carbonyl (C=O) groups excluding carboxylic acids is 2. The summed E-state index contributed by atoms with van der Waals surface area (Å²) in [6.07, 6.45) is 11.3. The molecule has 0 radical (unpaired) electrons. The number of carbonyl (C=O) groups is 2. The third kappa shape index (κ3) is 9.05. The molecule has 2 N–H and O–H groups in total. The first-order valence-electron chi connectivity index (χ1n) is 12.7. The zero-order valence-electron chi connectivity index (χ0n) is 21.2. The maximum Gasteiger partial charge on any atom is 0.224 e. The molecule has 0 aromatic heterocycles. The molecule has 2 amide bonds. The van der Waals surface area contributed by atoms with E-state index in [1.54, 1.807) is 0 Å². The SMILES string of the molecule is C/C(=C\C1C=CC(NC(=O)CCCC(=O)NCCc2ccc(C(C)C)cc2)=CC1)c1ccccc1. The summed E-state index contributed by atoms with van der Waals surface area (Å²) < 4.78 is 0. The molecule has 4 heteroatoms. The zero-order chi connectivity index (χ0) is 25.0. The van der Waals surface area contributed by atoms with Crippen molar-refractivity contribution in [2.45, 2.75) is 58.8 Å². The van der Waals surface area contributed by atoms with Crippen molar-refractivity contribution in [3.05, 3.63) is 101 Å². The Labute approximate surface area is 210 Å². The van der Waals surface area contributed by atoms with E-state index in [2.05, 4.69) is 86.0 Å². The maximum atomic E-state index is 12.3. The van der Waals surface area contributed by atoms with Crippen LogP contribution in [0.3, 0.4) is 0 Å². The van der Waals surface area contributed by atoms with Crippen LogP contribution in [0.1, 0.15) is 69.1 Å². The number of benzene rings is 2. The highest BCUT2D eigenvalue weighted by Crippen LogP contribution is 2.22. The fraction of sp³-hybridized carbons (Fsp3) is 0.355. The highest BCUT2D eigenvalue weighted by atomic mass is 16.2. The minimum Gasteiger partial charge on any atom is -0.356 e. The van der Waals surface area contributed by atoms with Crippen LogP contribution in [-0.2, 0) is 16.0 Å². The summed E-state index contributed by atoms with van der Waals surface area (Å²) in [7, 11) is 0. The summed E-state index contributed by atoms with van der Waals surface area (Å²) in [5, 5.41) is 5.92. The molecule has 1 unspecified atom stereocenters. The Kier molecular flexibility index (Phi) is 10.1. The summed E-state index contributed by atoms with van der Waals surface area (Å²) >= 11 is 0. The Morgan fingerprint density at radius 3 is 2.37 bits per heavy atom. The third-order valence-corrected chi connectivity index (χ3v) is 6.30. The van der Waals surface area contributed by atoms with Crippen LogP contribution in [-0.4, -0.2) is 18.4 Å². The Hall–Kier alpha value is -3.40. The van der Waals surface area contributed by atoms with Crippen molar-refractivity contribution in [2.75, 3.05) is 6.54 Å². The van der Waals surface area contributed by atoms with Gasteiger partial charge in [0.25, 0.3) is 0 Å². The summed E-state index contributed by atoms with van der Waals surface area (Å²) in [6, 6.07) is 18.9. The first kappa shape index (κ1) is 26.2. The van der Waals surface area contributed by atoms with Crippen LogP contribution < -0.4 is 10.6 Å². The van der Waals surface area contributed by atoms with Crippen LogP contribution in [0.15, 0.2) is 84.6 Å². The molecule has 35 heavy (non-hydrogen) atoms. The average Bonchev–Trinajstić information content (AvgIpc) is 2.86. The van der Waals surface area contributed by atoms with Crippen molar-refractivity contribution in [3.8, 4) is 0 Å². The van der Waals surface area contributed by atoms with Crippen LogP contribution in [0.2, 0.25) is 0 Å². The lowest BCUT2D eigenvalue weighted by Crippen LogP contribution is -2.26. The van der Waals surface area contributed by atoms with Gasteiger partial charge in [-0.1, -0.05) is 86.7 Å². The minimum absolute atomic E-state index is 0.00297. The van der Waals surface area contributed by atoms with Gasteiger partial charge in [-0.25, -0.2) is 0 Å². The van der Waals surface area contributed by atoms with Crippen molar-refractivity contribution in [3.63, 3.8) is 0 Å². The first-order valence-corrected chi connectivity index (χ1v) is 12.7. The smallest absolute Gasteiger partial charge is 0.224 e. The fourth-order valence-electron chi connectivity index (χ4n) is 4.11. The van der Waals surface area contributed by atoms with Crippen molar-refractivity contribution in [1.82, 2.24) is 10.6 Å². The van der Waals surface area contributed by atoms with Crippen molar-refractivity contribution in [2.24, 2.45) is 5.92 Å². The molecule has 1 aliphatic rings. The molecular weight excluding hydrogens is 432 g/mol. The lowest BCUT2D eigenvalue weighted by molar-refractivity contribution is -0.122. The van der Waals surface area contributed by atoms with Gasteiger partial charge in [0.15, 0.2) is 0 Å². The number of hydrogen-bond acceptors (Lipinski definition) is 2. The maximum absolute atomic E-state index is 12.3. The number of nitrogens with one attached hydrogen (secondary N) is 2. The Balaban J connectivity index is 1.30. The van der Waals surface area contributed by atoms with Gasteiger partial charge in [0.1, 0.15) is 0 Å². The molecule has 0 aliphatic heterocycles. The van der Waals surface area contributed by atoms with Gasteiger partial charge in [0, 0.05) is 25.1 Å². The summed E-state index contributed by atoms with van der Waals surface area (Å²) in [5.41, 5.74) is 5.86. The van der Waals surface area contributed by atoms with E-state index in [1.807, 2.05) is 24.3 Å². The topological polar surface area (TPSA) is 58.2 Å². The van der Waals surface area contributed by atoms with Crippen molar-refractivity contribution < 1.29 is 9.59 Å². The lowest BCUT2D eigenvalue weighted by atomic mass is 9.95. The predicted molar refractivity (Wildman–Crippen MR) is 145 cm³/mol. The first-order chi connectivity index (χ1) is 16.9. The molecule has 0 fully saturated rings. The van der Waals surface area contributed by atoms with E-state index in [9.17, 15) is 9.59 Å². The van der Waals surface area contributed by atoms with Crippen molar-refractivity contribution in [1.29, 1.82) is 0 Å². The number of allylic oxidation sites excluding steroid dienone is 5. The molecule has 0 saturated carbocycles. The molecule has 0 heterocycles. The number of rotatable bonds is 11. The Bertz CT molecular complexity index is 1060. The second kappa shape index (κ2) is 13.5. The highest BCUT2D eigenvalue weighted by Gasteiger charge is 2.11. The minimum atomic E-state index is -0.0478. The molecule has 2 aromatic carbocycles. The molecule has 0 saturated heterocycles. The Morgan fingerprint density at radius 1 is 1.00 bits per heavy atom. The summed E-state index contributed by atoms with van der Waals surface area (Å²) in [6.45, 7) is 7.11. The largest absolute Gasteiger partial charge is 0.356 e. The van der Waals surface area contributed by atoms with E-state index < -0.39 is 0 Å². The molecule has 1 aliphatic carbocycles. The highest BCUT2D eigenvalue weighted by molar-refractivity contribution is 5.80. The molecule has 4 nitrogen and oxygen atoms in total. The van der Waals surface area contributed by atoms with Crippen molar-refractivity contribution >= 4 is 17.4 Å². The van der Waals surface area contributed by atoms with E-state index >= 15 is 0 Å². The van der Waals surface area contributed by atoms with Crippen LogP contribution in [0, 0.1) is 5.92 Å². The molecule has 3 rings (SSSR count). The average molecular weight is 471 g/mol. The normalized spacial score (nSPS) is 15.6. The van der Waals surface area contributed by atoms with E-state index in [0.717, 1.165) is 18.5 Å². The molecule has 0 spiro atoms. The molecule has 0 bridgehead atoms. The lowest BCUT2D eigenvalue weighted by Gasteiger charge is -2.15. The van der Waals surface area contributed by atoms with Gasteiger partial charge in [0.2, 0.25) is 11.8 Å². The van der Waals surface area contributed by atoms with E-state index in [0.29, 0.717) is 37.6 Å². The number of amides is 2. The molecule has 2 aromatic rings. The molecule has 1 atom stereocenters. The summed E-state index contributed by atoms with van der Waals surface area (Å²) in [5.74, 6) is 0.799. The predicted octanol–water partition coefficient (Wildman–Crippen LogP) is 6.32. The van der Waals surface area contributed by atoms with Gasteiger partial charge >= 0.3 is 0 Å². The second-order valence-electron chi connectivity index (χ2n) is 9.53. The van der Waals surface area contributed by atoms with Gasteiger partial charge in [0.05, 0.1) is 0 Å². The monoisotopic (exact) mass is 470 g/mol. The van der Waals surface area contributed by atoms with Gasteiger partial charge in [-0.2, -0.15) is 0 Å². The third-order valence-electron chi connectivity index (χ3n) is 6.30. The molecule has 184 valence electrons. The Morgan fingerprint density at radius 2 is 1.71 bits per heavy atom. The van der Waals surface area contributed by atoms with Crippen LogP contribution in [0.5, 0.6) is 0 Å². The van der Waals surface area contributed by atoms with E-state index in [-0.39, 0.29) is 11.8 Å². The fourth-order valence-corrected chi connectivity index (χ4v) is 4.11. The quantitative estimate of drug-likeness (QED) is 0.404. The van der Waals surface area contributed by atoms with Crippen LogP contribution in [0.4, 0.5) is 0 Å². The second-order valence-corrected chi connectivity index (χ2v) is 9.53. The van der Waals surface area contributed by atoms with E-state index in [4.69, 9.17) is 0 Å². The summed E-state index contributed by atoms with van der Waals surface area (Å²) in [4.78, 5) is 24.4.